The Kier molecular flexibility index (Phi) is 5.21. The summed E-state index contributed by atoms with van der Waals surface area (Å²) in [7, 11) is 0. The van der Waals surface area contributed by atoms with Crippen molar-refractivity contribution in [2.45, 2.75) is 19.5 Å². The molecule has 27 heavy (non-hydrogen) atoms. The van der Waals surface area contributed by atoms with Crippen LogP contribution < -0.4 is 10.4 Å². The maximum Gasteiger partial charge on any atom is 0.382 e. The van der Waals surface area contributed by atoms with Crippen LogP contribution in [0.25, 0.3) is 11.0 Å². The molecule has 2 aromatic carbocycles. The number of benzene rings is 2. The van der Waals surface area contributed by atoms with Crippen LogP contribution in [-0.4, -0.2) is 12.6 Å². The number of ether oxygens (including phenoxy) is 2. The summed E-state index contributed by atoms with van der Waals surface area (Å²) in [6.45, 7) is 1.47. The highest BCUT2D eigenvalue weighted by Gasteiger charge is 2.45. The first kappa shape index (κ1) is 18.6. The fraction of sp³-hybridized carbons (Fsp3) is 0.200. The molecule has 3 rings (SSSR count). The van der Waals surface area contributed by atoms with Gasteiger partial charge < -0.3 is 13.9 Å². The number of carbonyl (C=O) groups is 1. The summed E-state index contributed by atoms with van der Waals surface area (Å²) in [6.07, 6.45) is 0. The Morgan fingerprint density at radius 1 is 1.11 bits per heavy atom. The molecule has 0 spiro atoms. The van der Waals surface area contributed by atoms with Gasteiger partial charge in [-0.25, -0.2) is 9.59 Å². The van der Waals surface area contributed by atoms with E-state index in [1.54, 1.807) is 6.07 Å². The second kappa shape index (κ2) is 7.57. The lowest BCUT2D eigenvalue weighted by Crippen LogP contribution is -2.33. The van der Waals surface area contributed by atoms with E-state index in [0.717, 1.165) is 11.6 Å². The van der Waals surface area contributed by atoms with Gasteiger partial charge in [-0.05, 0) is 30.7 Å². The van der Waals surface area contributed by atoms with Gasteiger partial charge in [-0.1, -0.05) is 30.3 Å². The van der Waals surface area contributed by atoms with Crippen molar-refractivity contribution < 1.29 is 27.5 Å². The fourth-order valence-electron chi connectivity index (χ4n) is 2.47. The Labute approximate surface area is 153 Å². The maximum atomic E-state index is 14.2. The number of esters is 1. The van der Waals surface area contributed by atoms with Crippen LogP contribution in [-0.2, 0) is 22.1 Å². The van der Waals surface area contributed by atoms with Crippen molar-refractivity contribution >= 4 is 16.9 Å². The number of hydrogen-bond donors (Lipinski definition) is 0. The summed E-state index contributed by atoms with van der Waals surface area (Å²) in [5.74, 6) is -5.47. The highest BCUT2D eigenvalue weighted by atomic mass is 19.3. The van der Waals surface area contributed by atoms with Gasteiger partial charge >= 0.3 is 17.5 Å². The standard InChI is InChI=1S/C20H16F2O5/c1-2-25-19(24)20(21,22)16-10-14-8-9-15(11-17(14)27-18(16)23)26-12-13-6-4-3-5-7-13/h3-11H,2,12H2,1H3. The molecule has 0 aliphatic heterocycles. The molecule has 0 fully saturated rings. The molecule has 1 heterocycles. The summed E-state index contributed by atoms with van der Waals surface area (Å²) >= 11 is 0. The van der Waals surface area contributed by atoms with Crippen LogP contribution in [0, 0.1) is 0 Å². The normalized spacial score (nSPS) is 11.4. The van der Waals surface area contributed by atoms with Gasteiger partial charge in [0.15, 0.2) is 0 Å². The number of carbonyl (C=O) groups excluding carboxylic acids is 1. The largest absolute Gasteiger partial charge is 0.489 e. The zero-order chi connectivity index (χ0) is 19.4. The Bertz CT molecular complexity index is 1010. The molecular formula is C20H16F2O5. The first-order valence-corrected chi connectivity index (χ1v) is 8.22. The molecule has 5 nitrogen and oxygen atoms in total. The summed E-state index contributed by atoms with van der Waals surface area (Å²) in [6, 6.07) is 14.8. The molecule has 0 N–H and O–H groups in total. The molecule has 1 aromatic heterocycles. The van der Waals surface area contributed by atoms with E-state index >= 15 is 0 Å². The number of hydrogen-bond acceptors (Lipinski definition) is 5. The third kappa shape index (κ3) is 3.97. The monoisotopic (exact) mass is 374 g/mol. The lowest BCUT2D eigenvalue weighted by atomic mass is 10.1. The van der Waals surface area contributed by atoms with Crippen LogP contribution in [0.2, 0.25) is 0 Å². The maximum absolute atomic E-state index is 14.2. The quantitative estimate of drug-likeness (QED) is 0.481. The molecule has 0 radical (unpaired) electrons. The van der Waals surface area contributed by atoms with E-state index in [1.807, 2.05) is 30.3 Å². The predicted octanol–water partition coefficient (Wildman–Crippen LogP) is 4.03. The molecule has 0 saturated heterocycles. The minimum absolute atomic E-state index is 0.0778. The topological polar surface area (TPSA) is 65.7 Å². The molecule has 140 valence electrons. The average Bonchev–Trinajstić information content (AvgIpc) is 2.66. The highest BCUT2D eigenvalue weighted by molar-refractivity contribution is 5.83. The zero-order valence-electron chi connectivity index (χ0n) is 14.4. The Hall–Kier alpha value is -3.22. The van der Waals surface area contributed by atoms with E-state index in [1.165, 1.54) is 19.1 Å². The SMILES string of the molecule is CCOC(=O)C(F)(F)c1cc2ccc(OCc3ccccc3)cc2oc1=O. The van der Waals surface area contributed by atoms with Crippen molar-refractivity contribution in [3.8, 4) is 5.75 Å². The second-order valence-corrected chi connectivity index (χ2v) is 5.72. The molecule has 3 aromatic rings. The molecule has 0 amide bonds. The van der Waals surface area contributed by atoms with Crippen molar-refractivity contribution in [2.24, 2.45) is 0 Å². The van der Waals surface area contributed by atoms with Crippen LogP contribution in [0.15, 0.2) is 63.8 Å². The van der Waals surface area contributed by atoms with Crippen molar-refractivity contribution in [2.75, 3.05) is 6.61 Å². The molecular weight excluding hydrogens is 358 g/mol. The smallest absolute Gasteiger partial charge is 0.382 e. The van der Waals surface area contributed by atoms with E-state index in [2.05, 4.69) is 4.74 Å². The number of fused-ring (bicyclic) bond motifs is 1. The molecule has 0 bridgehead atoms. The van der Waals surface area contributed by atoms with Gasteiger partial charge in [0, 0.05) is 11.5 Å². The van der Waals surface area contributed by atoms with E-state index < -0.39 is 23.1 Å². The van der Waals surface area contributed by atoms with Crippen molar-refractivity contribution in [3.63, 3.8) is 0 Å². The van der Waals surface area contributed by atoms with E-state index in [9.17, 15) is 18.4 Å². The number of halogens is 2. The van der Waals surface area contributed by atoms with Gasteiger partial charge in [0.2, 0.25) is 0 Å². The van der Waals surface area contributed by atoms with Crippen molar-refractivity contribution in [3.05, 3.63) is 76.1 Å². The molecule has 0 saturated carbocycles. The first-order chi connectivity index (χ1) is 12.9. The van der Waals surface area contributed by atoms with Crippen molar-refractivity contribution in [1.82, 2.24) is 0 Å². The zero-order valence-corrected chi connectivity index (χ0v) is 14.4. The van der Waals surface area contributed by atoms with Crippen LogP contribution in [0.5, 0.6) is 5.75 Å². The summed E-state index contributed by atoms with van der Waals surface area (Å²) < 4.78 is 43.2. The van der Waals surface area contributed by atoms with E-state index in [0.29, 0.717) is 12.4 Å². The van der Waals surface area contributed by atoms with Crippen LogP contribution in [0.4, 0.5) is 8.78 Å². The highest BCUT2D eigenvalue weighted by Crippen LogP contribution is 2.30. The van der Waals surface area contributed by atoms with Gasteiger partial charge in [-0.3, -0.25) is 0 Å². The Balaban J connectivity index is 1.89. The number of alkyl halides is 2. The lowest BCUT2D eigenvalue weighted by Gasteiger charge is -2.14. The fourth-order valence-corrected chi connectivity index (χ4v) is 2.47. The Morgan fingerprint density at radius 3 is 2.56 bits per heavy atom. The third-order valence-electron chi connectivity index (χ3n) is 3.83. The van der Waals surface area contributed by atoms with Gasteiger partial charge in [0.1, 0.15) is 23.5 Å². The lowest BCUT2D eigenvalue weighted by molar-refractivity contribution is -0.173. The summed E-state index contributed by atoms with van der Waals surface area (Å²) in [5.41, 5.74) is -1.34. The first-order valence-electron chi connectivity index (χ1n) is 8.22. The van der Waals surface area contributed by atoms with E-state index in [4.69, 9.17) is 9.15 Å². The summed E-state index contributed by atoms with van der Waals surface area (Å²) in [5, 5.41) is 0.237. The molecule has 7 heteroatoms. The predicted molar refractivity (Wildman–Crippen MR) is 93.8 cm³/mol. The average molecular weight is 374 g/mol. The molecule has 0 atom stereocenters. The minimum atomic E-state index is -4.09. The number of rotatable bonds is 6. The second-order valence-electron chi connectivity index (χ2n) is 5.72. The van der Waals surface area contributed by atoms with Gasteiger partial charge in [0.25, 0.3) is 0 Å². The van der Waals surface area contributed by atoms with E-state index in [-0.39, 0.29) is 17.6 Å². The summed E-state index contributed by atoms with van der Waals surface area (Å²) in [4.78, 5) is 23.4. The van der Waals surface area contributed by atoms with Gasteiger partial charge in [-0.15, -0.1) is 0 Å². The van der Waals surface area contributed by atoms with Gasteiger partial charge in [-0.2, -0.15) is 8.78 Å². The Morgan fingerprint density at radius 2 is 1.85 bits per heavy atom. The van der Waals surface area contributed by atoms with Crippen LogP contribution >= 0.6 is 0 Å². The minimum Gasteiger partial charge on any atom is -0.489 e. The third-order valence-corrected chi connectivity index (χ3v) is 3.83. The van der Waals surface area contributed by atoms with Crippen LogP contribution in [0.1, 0.15) is 18.1 Å². The van der Waals surface area contributed by atoms with Crippen LogP contribution in [0.3, 0.4) is 0 Å². The molecule has 0 unspecified atom stereocenters. The van der Waals surface area contributed by atoms with Crippen molar-refractivity contribution in [1.29, 1.82) is 0 Å². The van der Waals surface area contributed by atoms with Gasteiger partial charge in [0.05, 0.1) is 6.61 Å². The molecule has 0 aliphatic carbocycles. The molecule has 0 aliphatic rings.